The SMILES string of the molecule is COc1ccc(CC#Cc2ccc3c(c2)C(=O)/C(=C/c2ccc(F)c(F)c2)[S+]([O-])N3)cn1. The van der Waals surface area contributed by atoms with Crippen LogP contribution in [0.5, 0.6) is 5.88 Å². The lowest BCUT2D eigenvalue weighted by Gasteiger charge is -2.21. The van der Waals surface area contributed by atoms with E-state index in [2.05, 4.69) is 21.5 Å². The minimum absolute atomic E-state index is 0.0575. The number of fused-ring (bicyclic) bond motifs is 1. The molecule has 0 saturated heterocycles. The Bertz CT molecular complexity index is 1280. The van der Waals surface area contributed by atoms with Crippen molar-refractivity contribution in [3.8, 4) is 17.7 Å². The fraction of sp³-hybridized carbons (Fsp3) is 0.0833. The van der Waals surface area contributed by atoms with Crippen LogP contribution in [-0.2, 0) is 17.8 Å². The van der Waals surface area contributed by atoms with Gasteiger partial charge in [0, 0.05) is 30.3 Å². The number of hydrogen-bond donors (Lipinski definition) is 1. The van der Waals surface area contributed by atoms with Gasteiger partial charge in [0.15, 0.2) is 11.6 Å². The summed E-state index contributed by atoms with van der Waals surface area (Å²) in [5.74, 6) is 4.04. The van der Waals surface area contributed by atoms with Gasteiger partial charge in [-0.2, -0.15) is 0 Å². The number of ketones is 1. The average Bonchev–Trinajstić information content (AvgIpc) is 2.80. The Morgan fingerprint density at radius 1 is 1.16 bits per heavy atom. The van der Waals surface area contributed by atoms with E-state index in [1.54, 1.807) is 37.6 Å². The van der Waals surface area contributed by atoms with E-state index in [-0.39, 0.29) is 10.5 Å². The molecule has 8 heteroatoms. The summed E-state index contributed by atoms with van der Waals surface area (Å²) in [5, 5.41) is 0. The number of allylic oxidation sites excluding steroid dienone is 1. The van der Waals surface area contributed by atoms with Crippen LogP contribution in [0.1, 0.15) is 27.0 Å². The maximum Gasteiger partial charge on any atom is 0.245 e. The van der Waals surface area contributed by atoms with E-state index >= 15 is 0 Å². The summed E-state index contributed by atoms with van der Waals surface area (Å²) in [6.45, 7) is 0. The number of benzene rings is 2. The second-order valence-corrected chi connectivity index (χ2v) is 8.01. The molecule has 1 atom stereocenters. The maximum atomic E-state index is 13.5. The van der Waals surface area contributed by atoms with Crippen LogP contribution in [0.2, 0.25) is 0 Å². The highest BCUT2D eigenvalue weighted by atomic mass is 32.2. The third-order valence-corrected chi connectivity index (χ3v) is 5.77. The van der Waals surface area contributed by atoms with Gasteiger partial charge >= 0.3 is 0 Å². The fourth-order valence-electron chi connectivity index (χ4n) is 3.03. The third kappa shape index (κ3) is 4.64. The predicted molar refractivity (Wildman–Crippen MR) is 118 cm³/mol. The Balaban J connectivity index is 1.57. The number of rotatable bonds is 3. The third-order valence-electron chi connectivity index (χ3n) is 4.66. The lowest BCUT2D eigenvalue weighted by molar-refractivity contribution is 0.104. The molecule has 2 aromatic carbocycles. The zero-order chi connectivity index (χ0) is 22.7. The molecule has 1 aliphatic heterocycles. The van der Waals surface area contributed by atoms with Crippen molar-refractivity contribution in [3.05, 3.63) is 93.5 Å². The number of methoxy groups -OCH3 is 1. The van der Waals surface area contributed by atoms with Crippen LogP contribution in [0.3, 0.4) is 0 Å². The Labute approximate surface area is 186 Å². The topological polar surface area (TPSA) is 74.3 Å². The van der Waals surface area contributed by atoms with Crippen molar-refractivity contribution in [1.82, 2.24) is 4.98 Å². The molecule has 0 aliphatic carbocycles. The van der Waals surface area contributed by atoms with Gasteiger partial charge in [-0.25, -0.2) is 18.5 Å². The van der Waals surface area contributed by atoms with Crippen molar-refractivity contribution >= 4 is 28.9 Å². The van der Waals surface area contributed by atoms with E-state index in [0.29, 0.717) is 29.1 Å². The summed E-state index contributed by atoms with van der Waals surface area (Å²) >= 11 is -1.83. The summed E-state index contributed by atoms with van der Waals surface area (Å²) in [6, 6.07) is 11.8. The Hall–Kier alpha value is -3.67. The van der Waals surface area contributed by atoms with Crippen LogP contribution in [0.15, 0.2) is 59.6 Å². The van der Waals surface area contributed by atoms with Crippen LogP contribution in [0, 0.1) is 23.5 Å². The van der Waals surface area contributed by atoms with Crippen molar-refractivity contribution in [1.29, 1.82) is 0 Å². The number of hydrogen-bond acceptors (Lipinski definition) is 5. The van der Waals surface area contributed by atoms with Crippen molar-refractivity contribution in [2.45, 2.75) is 6.42 Å². The Morgan fingerprint density at radius 2 is 2.00 bits per heavy atom. The molecule has 0 radical (unpaired) electrons. The number of ether oxygens (including phenoxy) is 1. The van der Waals surface area contributed by atoms with Gasteiger partial charge in [-0.1, -0.05) is 24.0 Å². The van der Waals surface area contributed by atoms with Gasteiger partial charge in [-0.05, 0) is 41.5 Å². The molecular weight excluding hydrogens is 434 g/mol. The lowest BCUT2D eigenvalue weighted by atomic mass is 10.0. The summed E-state index contributed by atoms with van der Waals surface area (Å²) in [5.41, 5.74) is 2.48. The van der Waals surface area contributed by atoms with Crippen molar-refractivity contribution in [2.75, 3.05) is 11.8 Å². The standard InChI is InChI=1S/C24H16F2N2O3S/c1-31-23-10-7-16(14-27-23)4-2-3-15-6-9-21-18(11-15)24(29)22(32(30)28-21)13-17-5-8-19(25)20(26)12-17/h5-14,28H,4H2,1H3/b22-13-. The summed E-state index contributed by atoms with van der Waals surface area (Å²) in [4.78, 5) is 17.0. The molecule has 1 unspecified atom stereocenters. The van der Waals surface area contributed by atoms with Crippen molar-refractivity contribution in [3.63, 3.8) is 0 Å². The molecular formula is C24H16F2N2O3S. The minimum atomic E-state index is -1.83. The zero-order valence-corrected chi connectivity index (χ0v) is 17.6. The number of nitrogens with one attached hydrogen (secondary N) is 1. The van der Waals surface area contributed by atoms with Crippen molar-refractivity contribution < 1.29 is 22.9 Å². The Kier molecular flexibility index (Phi) is 6.21. The maximum absolute atomic E-state index is 13.5. The molecule has 3 aromatic rings. The summed E-state index contributed by atoms with van der Waals surface area (Å²) in [7, 11) is 1.54. The van der Waals surface area contributed by atoms with Gasteiger partial charge in [0.2, 0.25) is 16.6 Å². The first kappa shape index (κ1) is 21.6. The van der Waals surface area contributed by atoms with E-state index in [4.69, 9.17) is 4.74 Å². The molecule has 1 aliphatic rings. The first-order chi connectivity index (χ1) is 15.4. The molecule has 0 bridgehead atoms. The van der Waals surface area contributed by atoms with Crippen LogP contribution >= 0.6 is 0 Å². The van der Waals surface area contributed by atoms with E-state index in [1.165, 1.54) is 12.1 Å². The number of nitrogens with zero attached hydrogens (tertiary/aromatic N) is 1. The van der Waals surface area contributed by atoms with Gasteiger partial charge in [0.1, 0.15) is 11.4 Å². The zero-order valence-electron chi connectivity index (χ0n) is 16.8. The van der Waals surface area contributed by atoms with E-state index < -0.39 is 28.8 Å². The number of carbonyl (C=O) groups is 1. The molecule has 0 saturated carbocycles. The smallest absolute Gasteiger partial charge is 0.245 e. The molecule has 2 heterocycles. The van der Waals surface area contributed by atoms with Crippen LogP contribution in [0.4, 0.5) is 14.5 Å². The number of anilines is 1. The van der Waals surface area contributed by atoms with Gasteiger partial charge in [-0.3, -0.25) is 4.79 Å². The van der Waals surface area contributed by atoms with E-state index in [9.17, 15) is 18.1 Å². The highest BCUT2D eigenvalue weighted by molar-refractivity contribution is 7.97. The van der Waals surface area contributed by atoms with Crippen LogP contribution < -0.4 is 9.46 Å². The van der Waals surface area contributed by atoms with Gasteiger partial charge in [0.25, 0.3) is 0 Å². The second kappa shape index (κ2) is 9.22. The summed E-state index contributed by atoms with van der Waals surface area (Å²) < 4.78 is 46.9. The number of aromatic nitrogens is 1. The van der Waals surface area contributed by atoms with Crippen molar-refractivity contribution in [2.24, 2.45) is 0 Å². The number of carbonyl (C=O) groups excluding carboxylic acids is 1. The van der Waals surface area contributed by atoms with Gasteiger partial charge < -0.3 is 9.29 Å². The molecule has 0 spiro atoms. The molecule has 0 fully saturated rings. The van der Waals surface area contributed by atoms with Crippen LogP contribution in [0.25, 0.3) is 6.08 Å². The predicted octanol–water partition coefficient (Wildman–Crippen LogP) is 4.28. The van der Waals surface area contributed by atoms with Gasteiger partial charge in [0.05, 0.1) is 18.4 Å². The average molecular weight is 450 g/mol. The van der Waals surface area contributed by atoms with Crippen LogP contribution in [-0.4, -0.2) is 22.4 Å². The highest BCUT2D eigenvalue weighted by Gasteiger charge is 2.33. The first-order valence-corrected chi connectivity index (χ1v) is 10.6. The Morgan fingerprint density at radius 3 is 2.72 bits per heavy atom. The number of halogens is 2. The normalized spacial score (nSPS) is 16.1. The molecule has 1 aromatic heterocycles. The molecule has 32 heavy (non-hydrogen) atoms. The quantitative estimate of drug-likeness (QED) is 0.366. The molecule has 1 N–H and O–H groups in total. The first-order valence-electron chi connectivity index (χ1n) is 9.46. The fourth-order valence-corrected chi connectivity index (χ4v) is 4.04. The van der Waals surface area contributed by atoms with E-state index in [0.717, 1.165) is 17.7 Å². The lowest BCUT2D eigenvalue weighted by Crippen LogP contribution is -2.27. The molecule has 5 nitrogen and oxygen atoms in total. The molecule has 4 rings (SSSR count). The number of Topliss-reactive ketones (excluding diaryl/α,β-unsaturated/α-hetero) is 1. The summed E-state index contributed by atoms with van der Waals surface area (Å²) in [6.07, 6.45) is 3.43. The monoisotopic (exact) mass is 450 g/mol. The molecule has 160 valence electrons. The minimum Gasteiger partial charge on any atom is -0.588 e. The second-order valence-electron chi connectivity index (χ2n) is 6.83. The highest BCUT2D eigenvalue weighted by Crippen LogP contribution is 2.31. The molecule has 0 amide bonds. The number of pyridine rings is 1. The van der Waals surface area contributed by atoms with Gasteiger partial charge in [-0.15, -0.1) is 0 Å². The van der Waals surface area contributed by atoms with E-state index in [1.807, 2.05) is 6.07 Å². The largest absolute Gasteiger partial charge is 0.588 e.